The molecule has 0 aliphatic heterocycles. The van der Waals surface area contributed by atoms with Gasteiger partial charge in [0.05, 0.1) is 11.1 Å². The van der Waals surface area contributed by atoms with Crippen LogP contribution in [0.3, 0.4) is 0 Å². The van der Waals surface area contributed by atoms with Crippen LogP contribution in [0, 0.1) is 5.82 Å². The van der Waals surface area contributed by atoms with Crippen molar-refractivity contribution < 1.29 is 9.23 Å². The smallest absolute Gasteiger partial charge is 0.137 e. The Kier molecular flexibility index (Phi) is 2.60. The summed E-state index contributed by atoms with van der Waals surface area (Å²) < 4.78 is 13.8. The normalized spacial score (nSPS) is 18.2. The first-order valence-corrected chi connectivity index (χ1v) is 5.24. The number of hydrogen-bond donors (Lipinski definition) is 1. The minimum absolute atomic E-state index is 0.0315. The van der Waals surface area contributed by atoms with Gasteiger partial charge in [0.25, 0.3) is 0 Å². The van der Waals surface area contributed by atoms with Gasteiger partial charge in [0.2, 0.25) is 0 Å². The first-order valence-electron chi connectivity index (χ1n) is 4.45. The molecule has 2 nitrogen and oxygen atoms in total. The second kappa shape index (κ2) is 3.61. The lowest BCUT2D eigenvalue weighted by atomic mass is 9.97. The molecule has 1 aromatic carbocycles. The molecule has 1 aliphatic carbocycles. The van der Waals surface area contributed by atoms with Gasteiger partial charge in [-0.25, -0.2) is 10.3 Å². The minimum atomic E-state index is -0.231. The first-order chi connectivity index (χ1) is 6.68. The van der Waals surface area contributed by atoms with Gasteiger partial charge >= 0.3 is 0 Å². The third kappa shape index (κ3) is 1.69. The van der Waals surface area contributed by atoms with E-state index >= 15 is 0 Å². The fourth-order valence-electron chi connectivity index (χ4n) is 1.65. The van der Waals surface area contributed by atoms with Crippen LogP contribution in [0.4, 0.5) is 4.39 Å². The monoisotopic (exact) mass is 259 g/mol. The van der Waals surface area contributed by atoms with E-state index in [1.165, 1.54) is 0 Å². The maximum atomic E-state index is 13.3. The van der Waals surface area contributed by atoms with Gasteiger partial charge in [-0.05, 0) is 46.5 Å². The number of nitrogens with two attached hydrogens (primary N) is 1. The second-order valence-corrected chi connectivity index (χ2v) is 4.57. The van der Waals surface area contributed by atoms with E-state index in [9.17, 15) is 4.39 Å². The fraction of sp³-hybridized carbons (Fsp3) is 0.400. The molecule has 1 fully saturated rings. The van der Waals surface area contributed by atoms with E-state index in [1.807, 2.05) is 6.07 Å². The van der Waals surface area contributed by atoms with E-state index in [2.05, 4.69) is 20.8 Å². The molecule has 76 valence electrons. The van der Waals surface area contributed by atoms with Crippen molar-refractivity contribution >= 4 is 15.9 Å². The number of benzene rings is 1. The molecule has 1 aliphatic rings. The van der Waals surface area contributed by atoms with Gasteiger partial charge in [-0.1, -0.05) is 6.07 Å². The van der Waals surface area contributed by atoms with Crippen LogP contribution >= 0.6 is 15.9 Å². The summed E-state index contributed by atoms with van der Waals surface area (Å²) in [5.74, 6) is 4.83. The van der Waals surface area contributed by atoms with Crippen molar-refractivity contribution in [2.24, 2.45) is 5.90 Å². The SMILES string of the molecule is NOCC1(c2ccc(Br)c(F)c2)CC1. The summed E-state index contributed by atoms with van der Waals surface area (Å²) in [6, 6.07) is 5.19. The predicted molar refractivity (Wildman–Crippen MR) is 55.2 cm³/mol. The molecule has 2 N–H and O–H groups in total. The molecule has 14 heavy (non-hydrogen) atoms. The molecule has 0 bridgehead atoms. The average Bonchev–Trinajstić information content (AvgIpc) is 2.91. The molecule has 2 rings (SSSR count). The van der Waals surface area contributed by atoms with Gasteiger partial charge in [0.15, 0.2) is 0 Å². The molecule has 1 saturated carbocycles. The minimum Gasteiger partial charge on any atom is -0.304 e. The highest BCUT2D eigenvalue weighted by atomic mass is 79.9. The van der Waals surface area contributed by atoms with Crippen LogP contribution in [0.1, 0.15) is 18.4 Å². The van der Waals surface area contributed by atoms with Gasteiger partial charge in [0, 0.05) is 5.41 Å². The summed E-state index contributed by atoms with van der Waals surface area (Å²) in [6.07, 6.45) is 2.04. The van der Waals surface area contributed by atoms with Gasteiger partial charge < -0.3 is 4.84 Å². The van der Waals surface area contributed by atoms with Crippen LogP contribution < -0.4 is 5.90 Å². The van der Waals surface area contributed by atoms with Crippen molar-refractivity contribution in [3.8, 4) is 0 Å². The van der Waals surface area contributed by atoms with Gasteiger partial charge in [-0.15, -0.1) is 0 Å². The Bertz CT molecular complexity index is 352. The van der Waals surface area contributed by atoms with Crippen molar-refractivity contribution in [1.29, 1.82) is 0 Å². The lowest BCUT2D eigenvalue weighted by Crippen LogP contribution is -2.18. The Hall–Kier alpha value is -0.450. The van der Waals surface area contributed by atoms with E-state index in [0.717, 1.165) is 18.4 Å². The molecule has 0 amide bonds. The van der Waals surface area contributed by atoms with Crippen molar-refractivity contribution in [1.82, 2.24) is 0 Å². The van der Waals surface area contributed by atoms with Crippen LogP contribution in [0.5, 0.6) is 0 Å². The Labute approximate surface area is 90.3 Å². The Morgan fingerprint density at radius 1 is 1.50 bits per heavy atom. The lowest BCUT2D eigenvalue weighted by molar-refractivity contribution is 0.116. The zero-order valence-corrected chi connectivity index (χ0v) is 9.18. The highest BCUT2D eigenvalue weighted by molar-refractivity contribution is 9.10. The average molecular weight is 260 g/mol. The van der Waals surface area contributed by atoms with Crippen molar-refractivity contribution in [2.75, 3.05) is 6.61 Å². The number of halogens is 2. The summed E-state index contributed by atoms with van der Waals surface area (Å²) >= 11 is 3.12. The van der Waals surface area contributed by atoms with Gasteiger partial charge in [-0.3, -0.25) is 0 Å². The van der Waals surface area contributed by atoms with Gasteiger partial charge in [0.1, 0.15) is 5.82 Å². The molecule has 0 spiro atoms. The first kappa shape index (κ1) is 10.1. The topological polar surface area (TPSA) is 35.2 Å². The quantitative estimate of drug-likeness (QED) is 0.847. The zero-order valence-electron chi connectivity index (χ0n) is 7.59. The Morgan fingerprint density at radius 3 is 2.71 bits per heavy atom. The summed E-state index contributed by atoms with van der Waals surface area (Å²) in [5.41, 5.74) is 0.944. The molecule has 0 saturated heterocycles. The molecule has 0 atom stereocenters. The molecule has 4 heteroatoms. The number of hydrogen-bond acceptors (Lipinski definition) is 2. The number of rotatable bonds is 3. The van der Waals surface area contributed by atoms with Crippen molar-refractivity contribution in [3.05, 3.63) is 34.1 Å². The molecule has 0 aromatic heterocycles. The third-order valence-corrected chi connectivity index (χ3v) is 3.39. The van der Waals surface area contributed by atoms with E-state index in [0.29, 0.717) is 11.1 Å². The van der Waals surface area contributed by atoms with E-state index < -0.39 is 0 Å². The Balaban J connectivity index is 2.28. The maximum absolute atomic E-state index is 13.3. The van der Waals surface area contributed by atoms with E-state index in [-0.39, 0.29) is 11.2 Å². The van der Waals surface area contributed by atoms with Crippen LogP contribution in [0.2, 0.25) is 0 Å². The Morgan fingerprint density at radius 2 is 2.21 bits per heavy atom. The second-order valence-electron chi connectivity index (χ2n) is 3.72. The fourth-order valence-corrected chi connectivity index (χ4v) is 1.90. The molecule has 0 heterocycles. The molecular weight excluding hydrogens is 249 g/mol. The molecule has 1 aromatic rings. The van der Waals surface area contributed by atoms with Crippen LogP contribution in [0.15, 0.2) is 22.7 Å². The van der Waals surface area contributed by atoms with E-state index in [4.69, 9.17) is 5.90 Å². The predicted octanol–water partition coefficient (Wildman–Crippen LogP) is 2.51. The molecule has 0 radical (unpaired) electrons. The summed E-state index contributed by atoms with van der Waals surface area (Å²) in [7, 11) is 0. The highest BCUT2D eigenvalue weighted by Gasteiger charge is 2.44. The maximum Gasteiger partial charge on any atom is 0.137 e. The van der Waals surface area contributed by atoms with Crippen LogP contribution in [-0.4, -0.2) is 6.61 Å². The summed E-state index contributed by atoms with van der Waals surface area (Å²) in [6.45, 7) is 0.466. The molecule has 0 unspecified atom stereocenters. The van der Waals surface area contributed by atoms with Crippen molar-refractivity contribution in [2.45, 2.75) is 18.3 Å². The largest absolute Gasteiger partial charge is 0.304 e. The highest BCUT2D eigenvalue weighted by Crippen LogP contribution is 2.48. The third-order valence-electron chi connectivity index (χ3n) is 2.75. The van der Waals surface area contributed by atoms with Gasteiger partial charge in [-0.2, -0.15) is 0 Å². The van der Waals surface area contributed by atoms with E-state index in [1.54, 1.807) is 12.1 Å². The standard InChI is InChI=1S/C10H11BrFNO/c11-8-2-1-7(5-9(8)12)10(3-4-10)6-14-13/h1-2,5H,3-4,6,13H2. The zero-order chi connectivity index (χ0) is 10.2. The summed E-state index contributed by atoms with van der Waals surface area (Å²) in [5, 5.41) is 0. The van der Waals surface area contributed by atoms with Crippen LogP contribution in [0.25, 0.3) is 0 Å². The van der Waals surface area contributed by atoms with Crippen molar-refractivity contribution in [3.63, 3.8) is 0 Å². The van der Waals surface area contributed by atoms with Crippen LogP contribution in [-0.2, 0) is 10.3 Å². The molecular formula is C10H11BrFNO. The summed E-state index contributed by atoms with van der Waals surface area (Å²) in [4.78, 5) is 4.66. The lowest BCUT2D eigenvalue weighted by Gasteiger charge is -2.14.